The van der Waals surface area contributed by atoms with E-state index in [9.17, 15) is 4.79 Å². The lowest BCUT2D eigenvalue weighted by Crippen LogP contribution is -2.42. The Bertz CT molecular complexity index is 604. The molecular formula is C17H24N2O2. The Morgan fingerprint density at radius 2 is 2.00 bits per heavy atom. The lowest BCUT2D eigenvalue weighted by atomic mass is 10.1. The minimum absolute atomic E-state index is 0.118. The summed E-state index contributed by atoms with van der Waals surface area (Å²) in [5.74, 6) is 0.118. The summed E-state index contributed by atoms with van der Waals surface area (Å²) in [7, 11) is 4.10. The van der Waals surface area contributed by atoms with Gasteiger partial charge < -0.3 is 9.32 Å². The molecule has 0 spiro atoms. The highest BCUT2D eigenvalue weighted by atomic mass is 16.3. The molecule has 114 valence electrons. The standard InChI is InChI=1S/C17H24N2O2/c1-5-19(13(2)10-18(3)4)11-16(20)15-12-21-17-9-7-6-8-14(15)17/h6-9,12-13H,5,10-11H2,1-4H3. The van der Waals surface area contributed by atoms with Gasteiger partial charge in [0.25, 0.3) is 0 Å². The van der Waals surface area contributed by atoms with E-state index in [1.54, 1.807) is 6.26 Å². The maximum atomic E-state index is 12.6. The van der Waals surface area contributed by atoms with Crippen molar-refractivity contribution in [2.24, 2.45) is 0 Å². The monoisotopic (exact) mass is 288 g/mol. The Balaban J connectivity index is 2.12. The predicted molar refractivity (Wildman–Crippen MR) is 85.8 cm³/mol. The molecule has 0 aliphatic carbocycles. The molecule has 0 saturated carbocycles. The normalized spacial score (nSPS) is 13.2. The van der Waals surface area contributed by atoms with Crippen LogP contribution in [0, 0.1) is 0 Å². The minimum atomic E-state index is 0.118. The molecule has 2 rings (SSSR count). The van der Waals surface area contributed by atoms with Gasteiger partial charge in [0, 0.05) is 18.0 Å². The zero-order chi connectivity index (χ0) is 15.4. The molecule has 0 aliphatic rings. The zero-order valence-corrected chi connectivity index (χ0v) is 13.3. The Morgan fingerprint density at radius 1 is 1.29 bits per heavy atom. The summed E-state index contributed by atoms with van der Waals surface area (Å²) in [4.78, 5) is 16.9. The van der Waals surface area contributed by atoms with Crippen LogP contribution < -0.4 is 0 Å². The van der Waals surface area contributed by atoms with Crippen LogP contribution in [0.1, 0.15) is 24.2 Å². The van der Waals surface area contributed by atoms with Crippen LogP contribution in [0.15, 0.2) is 34.9 Å². The SMILES string of the molecule is CCN(CC(=O)c1coc2ccccc12)C(C)CN(C)C. The van der Waals surface area contributed by atoms with Gasteiger partial charge >= 0.3 is 0 Å². The second-order valence-electron chi connectivity index (χ2n) is 5.74. The van der Waals surface area contributed by atoms with Gasteiger partial charge in [0.15, 0.2) is 5.78 Å². The predicted octanol–water partition coefficient (Wildman–Crippen LogP) is 2.89. The molecule has 1 unspecified atom stereocenters. The fourth-order valence-corrected chi connectivity index (χ4v) is 2.69. The average molecular weight is 288 g/mol. The van der Waals surface area contributed by atoms with Crippen molar-refractivity contribution in [3.63, 3.8) is 0 Å². The third-order valence-electron chi connectivity index (χ3n) is 3.79. The number of benzene rings is 1. The highest BCUT2D eigenvalue weighted by molar-refractivity contribution is 6.08. The fraction of sp³-hybridized carbons (Fsp3) is 0.471. The van der Waals surface area contributed by atoms with E-state index < -0.39 is 0 Å². The van der Waals surface area contributed by atoms with E-state index in [-0.39, 0.29) is 5.78 Å². The van der Waals surface area contributed by atoms with Crippen molar-refractivity contribution in [2.75, 3.05) is 33.7 Å². The highest BCUT2D eigenvalue weighted by Crippen LogP contribution is 2.21. The number of para-hydroxylation sites is 1. The molecule has 0 aliphatic heterocycles. The molecule has 21 heavy (non-hydrogen) atoms. The van der Waals surface area contributed by atoms with Gasteiger partial charge in [0.1, 0.15) is 11.8 Å². The number of hydrogen-bond donors (Lipinski definition) is 0. The second kappa shape index (κ2) is 6.87. The van der Waals surface area contributed by atoms with Gasteiger partial charge in [0.2, 0.25) is 0 Å². The maximum Gasteiger partial charge on any atom is 0.180 e. The topological polar surface area (TPSA) is 36.7 Å². The molecule has 4 heteroatoms. The number of fused-ring (bicyclic) bond motifs is 1. The molecule has 0 amide bonds. The van der Waals surface area contributed by atoms with Gasteiger partial charge in [-0.25, -0.2) is 0 Å². The molecule has 0 saturated heterocycles. The second-order valence-corrected chi connectivity index (χ2v) is 5.74. The first-order valence-electron chi connectivity index (χ1n) is 7.41. The van der Waals surface area contributed by atoms with Crippen LogP contribution in [0.2, 0.25) is 0 Å². The smallest absolute Gasteiger partial charge is 0.180 e. The Labute approximate surface area is 126 Å². The van der Waals surface area contributed by atoms with E-state index in [1.807, 2.05) is 24.3 Å². The van der Waals surface area contributed by atoms with E-state index in [0.29, 0.717) is 18.2 Å². The van der Waals surface area contributed by atoms with Crippen molar-refractivity contribution in [3.8, 4) is 0 Å². The van der Waals surface area contributed by atoms with E-state index in [2.05, 4.69) is 37.7 Å². The van der Waals surface area contributed by atoms with Gasteiger partial charge in [-0.1, -0.05) is 25.1 Å². The molecule has 2 aromatic rings. The molecule has 1 atom stereocenters. The summed E-state index contributed by atoms with van der Waals surface area (Å²) in [6.45, 7) is 6.47. The number of Topliss-reactive ketones (excluding diaryl/α,β-unsaturated/α-hetero) is 1. The molecule has 0 fully saturated rings. The van der Waals surface area contributed by atoms with Gasteiger partial charge in [-0.2, -0.15) is 0 Å². The Kier molecular flexibility index (Phi) is 5.15. The first-order valence-corrected chi connectivity index (χ1v) is 7.41. The van der Waals surface area contributed by atoms with Gasteiger partial charge in [-0.05, 0) is 33.6 Å². The summed E-state index contributed by atoms with van der Waals surface area (Å²) < 4.78 is 5.46. The Morgan fingerprint density at radius 3 is 2.67 bits per heavy atom. The number of carbonyl (C=O) groups is 1. The number of hydrogen-bond acceptors (Lipinski definition) is 4. The number of rotatable bonds is 7. The molecular weight excluding hydrogens is 264 g/mol. The number of nitrogens with zero attached hydrogens (tertiary/aromatic N) is 2. The molecule has 1 heterocycles. The summed E-state index contributed by atoms with van der Waals surface area (Å²) >= 11 is 0. The van der Waals surface area contributed by atoms with Gasteiger partial charge in [-0.3, -0.25) is 9.69 Å². The first-order chi connectivity index (χ1) is 10.0. The molecule has 0 N–H and O–H groups in total. The van der Waals surface area contributed by atoms with Crippen LogP contribution in [0.4, 0.5) is 0 Å². The minimum Gasteiger partial charge on any atom is -0.464 e. The molecule has 4 nitrogen and oxygen atoms in total. The van der Waals surface area contributed by atoms with Crippen molar-refractivity contribution in [2.45, 2.75) is 19.9 Å². The fourth-order valence-electron chi connectivity index (χ4n) is 2.69. The molecule has 0 bridgehead atoms. The number of carbonyl (C=O) groups excluding carboxylic acids is 1. The van der Waals surface area contributed by atoms with E-state index in [0.717, 1.165) is 24.1 Å². The third kappa shape index (κ3) is 3.71. The number of furan rings is 1. The van der Waals surface area contributed by atoms with Crippen molar-refractivity contribution in [1.82, 2.24) is 9.80 Å². The molecule has 0 radical (unpaired) electrons. The van der Waals surface area contributed by atoms with Crippen LogP contribution >= 0.6 is 0 Å². The Hall–Kier alpha value is -1.65. The molecule has 1 aromatic heterocycles. The van der Waals surface area contributed by atoms with E-state index in [1.165, 1.54) is 0 Å². The summed E-state index contributed by atoms with van der Waals surface area (Å²) in [5.41, 5.74) is 1.45. The average Bonchev–Trinajstić information content (AvgIpc) is 2.87. The van der Waals surface area contributed by atoms with Crippen LogP contribution in [0.5, 0.6) is 0 Å². The summed E-state index contributed by atoms with van der Waals surface area (Å²) in [6.07, 6.45) is 1.58. The van der Waals surface area contributed by atoms with Crippen LogP contribution in [0.25, 0.3) is 11.0 Å². The largest absolute Gasteiger partial charge is 0.464 e. The van der Waals surface area contributed by atoms with Crippen LogP contribution in [-0.4, -0.2) is 55.4 Å². The highest BCUT2D eigenvalue weighted by Gasteiger charge is 2.20. The summed E-state index contributed by atoms with van der Waals surface area (Å²) in [6, 6.07) is 8.01. The van der Waals surface area contributed by atoms with Crippen LogP contribution in [0.3, 0.4) is 0 Å². The zero-order valence-electron chi connectivity index (χ0n) is 13.3. The van der Waals surface area contributed by atoms with Crippen molar-refractivity contribution < 1.29 is 9.21 Å². The van der Waals surface area contributed by atoms with Crippen molar-refractivity contribution in [1.29, 1.82) is 0 Å². The lowest BCUT2D eigenvalue weighted by molar-refractivity contribution is 0.0889. The first kappa shape index (κ1) is 15.7. The van der Waals surface area contributed by atoms with Gasteiger partial charge in [0.05, 0.1) is 12.1 Å². The third-order valence-corrected chi connectivity index (χ3v) is 3.79. The number of likely N-dealkylation sites (N-methyl/N-ethyl adjacent to an activating group) is 2. The lowest BCUT2D eigenvalue weighted by Gasteiger charge is -2.29. The van der Waals surface area contributed by atoms with E-state index in [4.69, 9.17) is 4.42 Å². The molecule has 1 aromatic carbocycles. The van der Waals surface area contributed by atoms with Crippen molar-refractivity contribution in [3.05, 3.63) is 36.1 Å². The maximum absolute atomic E-state index is 12.6. The van der Waals surface area contributed by atoms with E-state index >= 15 is 0 Å². The number of ketones is 1. The van der Waals surface area contributed by atoms with Gasteiger partial charge in [-0.15, -0.1) is 0 Å². The van der Waals surface area contributed by atoms with Crippen molar-refractivity contribution >= 4 is 16.8 Å². The van der Waals surface area contributed by atoms with Crippen LogP contribution in [-0.2, 0) is 0 Å². The summed E-state index contributed by atoms with van der Waals surface area (Å²) in [5, 5.41) is 0.902. The quantitative estimate of drug-likeness (QED) is 0.734.